The second-order valence-corrected chi connectivity index (χ2v) is 5.61. The van der Waals surface area contributed by atoms with Gasteiger partial charge in [0.1, 0.15) is 5.82 Å². The maximum absolute atomic E-state index is 4.67. The molecule has 1 aliphatic rings. The Labute approximate surface area is 116 Å². The summed E-state index contributed by atoms with van der Waals surface area (Å²) in [6.45, 7) is 4.86. The molecule has 1 N–H and O–H groups in total. The van der Waals surface area contributed by atoms with E-state index >= 15 is 0 Å². The maximum Gasteiger partial charge on any atom is 0.221 e. The van der Waals surface area contributed by atoms with E-state index in [-0.39, 0.29) is 0 Å². The number of hydrogen-bond donors (Lipinski definition) is 1. The van der Waals surface area contributed by atoms with Crippen molar-refractivity contribution in [3.63, 3.8) is 0 Å². The largest absolute Gasteiger partial charge is 0.349 e. The molecule has 2 aromatic heterocycles. The van der Waals surface area contributed by atoms with Gasteiger partial charge in [-0.15, -0.1) is 11.3 Å². The average molecular weight is 278 g/mol. The van der Waals surface area contributed by atoms with E-state index in [0.29, 0.717) is 6.54 Å². The Bertz CT molecular complexity index is 554. The van der Waals surface area contributed by atoms with E-state index in [4.69, 9.17) is 0 Å². The standard InChI is InChI=1S/C12H18N6S/c1-9-14-11(17(2)16-9)13-7-10-8-19-12(15-10)18-5-3-4-6-18/h8H,3-7H2,1-2H3,(H,13,14,16). The molecular formula is C12H18N6S. The highest BCUT2D eigenvalue weighted by atomic mass is 32.1. The second-order valence-electron chi connectivity index (χ2n) is 4.78. The lowest BCUT2D eigenvalue weighted by Gasteiger charge is -2.12. The van der Waals surface area contributed by atoms with Crippen LogP contribution < -0.4 is 10.2 Å². The fraction of sp³-hybridized carbons (Fsp3) is 0.583. The van der Waals surface area contributed by atoms with E-state index in [2.05, 4.69) is 30.7 Å². The Kier molecular flexibility index (Phi) is 3.37. The number of aromatic nitrogens is 4. The maximum atomic E-state index is 4.67. The van der Waals surface area contributed by atoms with E-state index in [9.17, 15) is 0 Å². The van der Waals surface area contributed by atoms with Crippen molar-refractivity contribution in [1.29, 1.82) is 0 Å². The molecule has 6 nitrogen and oxygen atoms in total. The molecule has 0 saturated carbocycles. The summed E-state index contributed by atoms with van der Waals surface area (Å²) < 4.78 is 1.75. The molecule has 0 aromatic carbocycles. The third-order valence-corrected chi connectivity index (χ3v) is 4.16. The molecule has 19 heavy (non-hydrogen) atoms. The zero-order valence-electron chi connectivity index (χ0n) is 11.3. The molecule has 3 rings (SSSR count). The van der Waals surface area contributed by atoms with Crippen LogP contribution in [-0.2, 0) is 13.6 Å². The number of thiazole rings is 1. The monoisotopic (exact) mass is 278 g/mol. The summed E-state index contributed by atoms with van der Waals surface area (Å²) in [6, 6.07) is 0. The minimum absolute atomic E-state index is 0.691. The molecule has 0 atom stereocenters. The van der Waals surface area contributed by atoms with E-state index in [1.165, 1.54) is 12.8 Å². The smallest absolute Gasteiger partial charge is 0.221 e. The lowest BCUT2D eigenvalue weighted by Crippen LogP contribution is -2.17. The van der Waals surface area contributed by atoms with Crippen LogP contribution in [-0.4, -0.2) is 32.8 Å². The molecule has 1 saturated heterocycles. The molecule has 0 amide bonds. The van der Waals surface area contributed by atoms with Crippen LogP contribution in [0.1, 0.15) is 24.4 Å². The van der Waals surface area contributed by atoms with Gasteiger partial charge in [0.25, 0.3) is 0 Å². The summed E-state index contributed by atoms with van der Waals surface area (Å²) in [6.07, 6.45) is 2.57. The van der Waals surface area contributed by atoms with Crippen LogP contribution in [0.4, 0.5) is 11.1 Å². The Hall–Kier alpha value is -1.63. The molecular weight excluding hydrogens is 260 g/mol. The van der Waals surface area contributed by atoms with Gasteiger partial charge in [0.2, 0.25) is 5.95 Å². The molecule has 0 bridgehead atoms. The van der Waals surface area contributed by atoms with Gasteiger partial charge in [-0.2, -0.15) is 10.1 Å². The van der Waals surface area contributed by atoms with Crippen LogP contribution >= 0.6 is 11.3 Å². The van der Waals surface area contributed by atoms with Gasteiger partial charge in [-0.25, -0.2) is 9.67 Å². The van der Waals surface area contributed by atoms with Gasteiger partial charge < -0.3 is 10.2 Å². The number of nitrogens with zero attached hydrogens (tertiary/aromatic N) is 5. The lowest BCUT2D eigenvalue weighted by atomic mass is 10.4. The highest BCUT2D eigenvalue weighted by Crippen LogP contribution is 2.24. The van der Waals surface area contributed by atoms with E-state index in [0.717, 1.165) is 35.7 Å². The van der Waals surface area contributed by atoms with Gasteiger partial charge in [-0.1, -0.05) is 0 Å². The zero-order valence-corrected chi connectivity index (χ0v) is 12.1. The highest BCUT2D eigenvalue weighted by Gasteiger charge is 2.15. The van der Waals surface area contributed by atoms with Gasteiger partial charge in [0, 0.05) is 25.5 Å². The van der Waals surface area contributed by atoms with Crippen molar-refractivity contribution in [1.82, 2.24) is 19.7 Å². The third kappa shape index (κ3) is 2.70. The average Bonchev–Trinajstić information content (AvgIpc) is 3.07. The van der Waals surface area contributed by atoms with Crippen LogP contribution in [0.3, 0.4) is 0 Å². The Morgan fingerprint density at radius 3 is 2.79 bits per heavy atom. The molecule has 0 radical (unpaired) electrons. The van der Waals surface area contributed by atoms with E-state index in [1.54, 1.807) is 16.0 Å². The summed E-state index contributed by atoms with van der Waals surface area (Å²) in [5.41, 5.74) is 1.06. The van der Waals surface area contributed by atoms with Crippen molar-refractivity contribution in [2.24, 2.45) is 7.05 Å². The molecule has 0 spiro atoms. The molecule has 3 heterocycles. The van der Waals surface area contributed by atoms with Crippen LogP contribution in [0.5, 0.6) is 0 Å². The van der Waals surface area contributed by atoms with Crippen molar-refractivity contribution >= 4 is 22.4 Å². The van der Waals surface area contributed by atoms with Gasteiger partial charge in [-0.05, 0) is 19.8 Å². The topological polar surface area (TPSA) is 58.9 Å². The quantitative estimate of drug-likeness (QED) is 0.924. The molecule has 7 heteroatoms. The molecule has 1 aliphatic heterocycles. The summed E-state index contributed by atoms with van der Waals surface area (Å²) in [5, 5.41) is 10.7. The molecule has 102 valence electrons. The van der Waals surface area contributed by atoms with Crippen LogP contribution in [0.2, 0.25) is 0 Å². The first-order chi connectivity index (χ1) is 9.22. The molecule has 2 aromatic rings. The minimum Gasteiger partial charge on any atom is -0.349 e. The fourth-order valence-electron chi connectivity index (χ4n) is 2.27. The van der Waals surface area contributed by atoms with Crippen molar-refractivity contribution < 1.29 is 0 Å². The van der Waals surface area contributed by atoms with E-state index < -0.39 is 0 Å². The highest BCUT2D eigenvalue weighted by molar-refractivity contribution is 7.13. The SMILES string of the molecule is Cc1nc(NCc2csc(N3CCCC3)n2)n(C)n1. The van der Waals surface area contributed by atoms with Gasteiger partial charge >= 0.3 is 0 Å². The first-order valence-electron chi connectivity index (χ1n) is 6.53. The van der Waals surface area contributed by atoms with Gasteiger partial charge in [-0.3, -0.25) is 0 Å². The van der Waals surface area contributed by atoms with Crippen LogP contribution in [0.25, 0.3) is 0 Å². The summed E-state index contributed by atoms with van der Waals surface area (Å²) >= 11 is 1.72. The number of rotatable bonds is 4. The Balaban J connectivity index is 1.62. The number of nitrogens with one attached hydrogen (secondary N) is 1. The van der Waals surface area contributed by atoms with Crippen molar-refractivity contribution in [2.45, 2.75) is 26.3 Å². The third-order valence-electron chi connectivity index (χ3n) is 3.21. The Morgan fingerprint density at radius 1 is 1.32 bits per heavy atom. The predicted molar refractivity (Wildman–Crippen MR) is 76.6 cm³/mol. The number of anilines is 2. The van der Waals surface area contributed by atoms with Crippen molar-refractivity contribution in [3.05, 3.63) is 16.9 Å². The van der Waals surface area contributed by atoms with Gasteiger partial charge in [0.15, 0.2) is 5.13 Å². The second kappa shape index (κ2) is 5.16. The van der Waals surface area contributed by atoms with Crippen LogP contribution in [0, 0.1) is 6.92 Å². The number of hydrogen-bond acceptors (Lipinski definition) is 6. The van der Waals surface area contributed by atoms with E-state index in [1.807, 2.05) is 14.0 Å². The number of aryl methyl sites for hydroxylation is 2. The van der Waals surface area contributed by atoms with Crippen molar-refractivity contribution in [3.8, 4) is 0 Å². The normalized spacial score (nSPS) is 15.2. The lowest BCUT2D eigenvalue weighted by molar-refractivity contribution is 0.756. The molecule has 0 unspecified atom stereocenters. The van der Waals surface area contributed by atoms with Crippen molar-refractivity contribution in [2.75, 3.05) is 23.3 Å². The zero-order chi connectivity index (χ0) is 13.2. The van der Waals surface area contributed by atoms with Crippen LogP contribution in [0.15, 0.2) is 5.38 Å². The summed E-state index contributed by atoms with van der Waals surface area (Å²) in [4.78, 5) is 11.3. The predicted octanol–water partition coefficient (Wildman–Crippen LogP) is 1.79. The fourth-order valence-corrected chi connectivity index (χ4v) is 3.15. The molecule has 0 aliphatic carbocycles. The minimum atomic E-state index is 0.691. The first kappa shape index (κ1) is 12.4. The summed E-state index contributed by atoms with van der Waals surface area (Å²) in [7, 11) is 1.89. The molecule has 1 fully saturated rings. The van der Waals surface area contributed by atoms with Gasteiger partial charge in [0.05, 0.1) is 12.2 Å². The first-order valence-corrected chi connectivity index (χ1v) is 7.41. The summed E-state index contributed by atoms with van der Waals surface area (Å²) in [5.74, 6) is 1.56. The Morgan fingerprint density at radius 2 is 2.11 bits per heavy atom.